The first-order valence-corrected chi connectivity index (χ1v) is 7.46. The summed E-state index contributed by atoms with van der Waals surface area (Å²) in [6.45, 7) is 4.09. The van der Waals surface area contributed by atoms with Crippen molar-refractivity contribution in [1.82, 2.24) is 4.90 Å². The summed E-state index contributed by atoms with van der Waals surface area (Å²) in [6, 6.07) is 8.23. The third-order valence-corrected chi connectivity index (χ3v) is 3.83. The van der Waals surface area contributed by atoms with E-state index >= 15 is 0 Å². The fourth-order valence-electron chi connectivity index (χ4n) is 2.72. The van der Waals surface area contributed by atoms with Gasteiger partial charge in [-0.15, -0.1) is 12.4 Å². The van der Waals surface area contributed by atoms with Crippen molar-refractivity contribution in [2.24, 2.45) is 5.73 Å². The normalized spacial score (nSPS) is 17.4. The van der Waals surface area contributed by atoms with Crippen LogP contribution in [-0.4, -0.2) is 36.5 Å². The monoisotopic (exact) mass is 312 g/mol. The third kappa shape index (κ3) is 4.90. The Morgan fingerprint density at radius 2 is 2.10 bits per heavy atom. The summed E-state index contributed by atoms with van der Waals surface area (Å²) in [5.74, 6) is 1.11. The summed E-state index contributed by atoms with van der Waals surface area (Å²) in [7, 11) is 0. The maximum Gasteiger partial charge on any atom is 0.223 e. The van der Waals surface area contributed by atoms with Crippen LogP contribution in [0.1, 0.15) is 31.7 Å². The number of likely N-dealkylation sites (tertiary alicyclic amines) is 1. The van der Waals surface area contributed by atoms with Crippen LogP contribution in [0.5, 0.6) is 5.75 Å². The lowest BCUT2D eigenvalue weighted by molar-refractivity contribution is -0.131. The van der Waals surface area contributed by atoms with E-state index in [9.17, 15) is 4.79 Å². The van der Waals surface area contributed by atoms with Gasteiger partial charge >= 0.3 is 0 Å². The number of hydrogen-bond acceptors (Lipinski definition) is 3. The molecule has 1 unspecified atom stereocenters. The number of halogens is 1. The van der Waals surface area contributed by atoms with Crippen molar-refractivity contribution >= 4 is 18.3 Å². The maximum atomic E-state index is 12.2. The van der Waals surface area contributed by atoms with Crippen molar-refractivity contribution < 1.29 is 9.53 Å². The Morgan fingerprint density at radius 1 is 1.38 bits per heavy atom. The van der Waals surface area contributed by atoms with Crippen LogP contribution in [0.2, 0.25) is 0 Å². The van der Waals surface area contributed by atoms with Crippen molar-refractivity contribution in [2.45, 2.75) is 38.6 Å². The van der Waals surface area contributed by atoms with Gasteiger partial charge in [-0.05, 0) is 43.9 Å². The number of aryl methyl sites for hydroxylation is 1. The van der Waals surface area contributed by atoms with Gasteiger partial charge in [0, 0.05) is 25.6 Å². The molecule has 1 aromatic rings. The molecule has 1 aliphatic heterocycles. The average Bonchev–Trinajstić information content (AvgIpc) is 2.95. The van der Waals surface area contributed by atoms with E-state index in [2.05, 4.69) is 0 Å². The van der Waals surface area contributed by atoms with E-state index in [1.54, 1.807) is 0 Å². The quantitative estimate of drug-likeness (QED) is 0.877. The van der Waals surface area contributed by atoms with Gasteiger partial charge in [-0.1, -0.05) is 12.1 Å². The first kappa shape index (κ1) is 17.8. The first-order chi connectivity index (χ1) is 9.74. The number of hydrogen-bond donors (Lipinski definition) is 1. The minimum absolute atomic E-state index is 0. The summed E-state index contributed by atoms with van der Waals surface area (Å²) < 4.78 is 5.41. The minimum atomic E-state index is 0. The van der Waals surface area contributed by atoms with Gasteiger partial charge in [0.15, 0.2) is 0 Å². The van der Waals surface area contributed by atoms with Crippen LogP contribution in [0.3, 0.4) is 0 Å². The molecule has 1 aliphatic rings. The van der Waals surface area contributed by atoms with E-state index in [0.29, 0.717) is 19.6 Å². The zero-order valence-electron chi connectivity index (χ0n) is 12.6. The van der Waals surface area contributed by atoms with Crippen molar-refractivity contribution in [1.29, 1.82) is 0 Å². The molecule has 2 N–H and O–H groups in total. The number of nitrogens with two attached hydrogens (primary N) is 1. The molecular formula is C16H25ClN2O2. The number of nitrogens with zero attached hydrogens (tertiary/aromatic N) is 1. The minimum Gasteiger partial charge on any atom is -0.494 e. The molecular weight excluding hydrogens is 288 g/mol. The van der Waals surface area contributed by atoms with E-state index in [0.717, 1.165) is 31.6 Å². The standard InChI is InChI=1S/C16H24N2O2.ClH/c1-2-20-15-8-5-13(6-9-15)7-10-16(19)18-11-3-4-14(18)12-17;/h5-6,8-9,14H,2-4,7,10-12,17H2,1H3;1H. The van der Waals surface area contributed by atoms with E-state index in [4.69, 9.17) is 10.5 Å². The van der Waals surface area contributed by atoms with Gasteiger partial charge < -0.3 is 15.4 Å². The van der Waals surface area contributed by atoms with Crippen molar-refractivity contribution in [3.8, 4) is 5.75 Å². The van der Waals surface area contributed by atoms with Gasteiger partial charge in [0.05, 0.1) is 6.61 Å². The molecule has 0 aliphatic carbocycles. The number of carbonyl (C=O) groups is 1. The number of benzene rings is 1. The van der Waals surface area contributed by atoms with E-state index in [-0.39, 0.29) is 24.4 Å². The average molecular weight is 313 g/mol. The molecule has 0 aromatic heterocycles. The maximum absolute atomic E-state index is 12.2. The molecule has 1 atom stereocenters. The topological polar surface area (TPSA) is 55.6 Å². The molecule has 0 saturated carbocycles. The summed E-state index contributed by atoms with van der Waals surface area (Å²) in [5, 5.41) is 0. The third-order valence-electron chi connectivity index (χ3n) is 3.83. The molecule has 4 nitrogen and oxygen atoms in total. The Hall–Kier alpha value is -1.26. The van der Waals surface area contributed by atoms with Gasteiger partial charge in [0.2, 0.25) is 5.91 Å². The predicted octanol–water partition coefficient (Wildman–Crippen LogP) is 2.39. The van der Waals surface area contributed by atoms with Gasteiger partial charge in [0.1, 0.15) is 5.75 Å². The molecule has 0 bridgehead atoms. The fourth-order valence-corrected chi connectivity index (χ4v) is 2.72. The summed E-state index contributed by atoms with van der Waals surface area (Å²) in [4.78, 5) is 14.2. The predicted molar refractivity (Wildman–Crippen MR) is 87.0 cm³/mol. The van der Waals surface area contributed by atoms with Crippen LogP contribution in [-0.2, 0) is 11.2 Å². The molecule has 0 radical (unpaired) electrons. The van der Waals surface area contributed by atoms with Gasteiger partial charge in [-0.2, -0.15) is 0 Å². The van der Waals surface area contributed by atoms with E-state index in [1.165, 1.54) is 5.56 Å². The highest BCUT2D eigenvalue weighted by molar-refractivity contribution is 5.85. The van der Waals surface area contributed by atoms with Crippen LogP contribution in [0.25, 0.3) is 0 Å². The van der Waals surface area contributed by atoms with Crippen LogP contribution in [0, 0.1) is 0 Å². The second-order valence-corrected chi connectivity index (χ2v) is 5.20. The molecule has 0 spiro atoms. The van der Waals surface area contributed by atoms with Crippen LogP contribution < -0.4 is 10.5 Å². The highest BCUT2D eigenvalue weighted by atomic mass is 35.5. The largest absolute Gasteiger partial charge is 0.494 e. The lowest BCUT2D eigenvalue weighted by atomic mass is 10.1. The molecule has 1 saturated heterocycles. The molecule has 1 fully saturated rings. The Bertz CT molecular complexity index is 436. The van der Waals surface area contributed by atoms with Gasteiger partial charge in [0.25, 0.3) is 0 Å². The molecule has 21 heavy (non-hydrogen) atoms. The Kier molecular flexibility index (Phi) is 7.54. The second-order valence-electron chi connectivity index (χ2n) is 5.20. The van der Waals surface area contributed by atoms with Crippen molar-refractivity contribution in [3.63, 3.8) is 0 Å². The molecule has 1 aromatic carbocycles. The Labute approximate surface area is 133 Å². The second kappa shape index (κ2) is 8.90. The molecule has 1 amide bonds. The summed E-state index contributed by atoms with van der Waals surface area (Å²) in [5.41, 5.74) is 6.88. The van der Waals surface area contributed by atoms with Crippen molar-refractivity contribution in [2.75, 3.05) is 19.7 Å². The van der Waals surface area contributed by atoms with Crippen molar-refractivity contribution in [3.05, 3.63) is 29.8 Å². The lowest BCUT2D eigenvalue weighted by Gasteiger charge is -2.23. The highest BCUT2D eigenvalue weighted by Crippen LogP contribution is 2.19. The van der Waals surface area contributed by atoms with Gasteiger partial charge in [-0.25, -0.2) is 0 Å². The van der Waals surface area contributed by atoms with Crippen LogP contribution >= 0.6 is 12.4 Å². The number of amides is 1. The SMILES string of the molecule is CCOc1ccc(CCC(=O)N2CCCC2CN)cc1.Cl. The molecule has 5 heteroatoms. The van der Waals surface area contributed by atoms with E-state index in [1.807, 2.05) is 36.1 Å². The van der Waals surface area contributed by atoms with Crippen LogP contribution in [0.4, 0.5) is 0 Å². The summed E-state index contributed by atoms with van der Waals surface area (Å²) >= 11 is 0. The number of ether oxygens (including phenoxy) is 1. The molecule has 2 rings (SSSR count). The fraction of sp³-hybridized carbons (Fsp3) is 0.562. The zero-order valence-corrected chi connectivity index (χ0v) is 13.4. The first-order valence-electron chi connectivity index (χ1n) is 7.46. The molecule has 1 heterocycles. The van der Waals surface area contributed by atoms with Crippen LogP contribution in [0.15, 0.2) is 24.3 Å². The smallest absolute Gasteiger partial charge is 0.223 e. The summed E-state index contributed by atoms with van der Waals surface area (Å²) in [6.07, 6.45) is 3.46. The Balaban J connectivity index is 0.00000220. The lowest BCUT2D eigenvalue weighted by Crippen LogP contribution is -2.39. The Morgan fingerprint density at radius 3 is 2.71 bits per heavy atom. The zero-order chi connectivity index (χ0) is 14.4. The van der Waals surface area contributed by atoms with Gasteiger partial charge in [-0.3, -0.25) is 4.79 Å². The number of carbonyl (C=O) groups excluding carboxylic acids is 1. The molecule has 118 valence electrons. The highest BCUT2D eigenvalue weighted by Gasteiger charge is 2.26. The van der Waals surface area contributed by atoms with E-state index < -0.39 is 0 Å². The number of rotatable bonds is 6.